The van der Waals surface area contributed by atoms with Crippen molar-refractivity contribution in [3.05, 3.63) is 18.0 Å². The molecule has 104 valence electrons. The maximum absolute atomic E-state index is 11.8. The lowest BCUT2D eigenvalue weighted by Gasteiger charge is -2.16. The first-order valence-electron chi connectivity index (χ1n) is 5.57. The fourth-order valence-electron chi connectivity index (χ4n) is 1.23. The minimum atomic E-state index is -3.26. The topological polar surface area (TPSA) is 108 Å². The molecular formula is C10H15N5O3S. The summed E-state index contributed by atoms with van der Waals surface area (Å²) in [4.78, 5) is 13.2. The number of carbonyl (C=O) groups excluding carboxylic acids is 1. The zero-order valence-corrected chi connectivity index (χ0v) is 11.5. The summed E-state index contributed by atoms with van der Waals surface area (Å²) in [6.45, 7) is 1.87. The third-order valence-corrected chi connectivity index (χ3v) is 3.79. The predicted octanol–water partition coefficient (Wildman–Crippen LogP) is -0.406. The van der Waals surface area contributed by atoms with E-state index in [9.17, 15) is 13.2 Å². The lowest BCUT2D eigenvalue weighted by molar-refractivity contribution is 0.208. The average Bonchev–Trinajstić information content (AvgIpc) is 2.86. The van der Waals surface area contributed by atoms with E-state index in [1.165, 1.54) is 31.3 Å². The molecule has 0 radical (unpaired) electrons. The van der Waals surface area contributed by atoms with Gasteiger partial charge in [0, 0.05) is 20.1 Å². The number of sulfonamides is 1. The second-order valence-corrected chi connectivity index (χ2v) is 5.88. The lowest BCUT2D eigenvalue weighted by atomic mass is 10.4. The van der Waals surface area contributed by atoms with E-state index in [1.807, 2.05) is 6.07 Å². The van der Waals surface area contributed by atoms with Crippen molar-refractivity contribution in [2.75, 3.05) is 25.9 Å². The predicted molar refractivity (Wildman–Crippen MR) is 67.8 cm³/mol. The van der Waals surface area contributed by atoms with Gasteiger partial charge in [-0.1, -0.05) is 0 Å². The van der Waals surface area contributed by atoms with Crippen LogP contribution in [0.3, 0.4) is 0 Å². The van der Waals surface area contributed by atoms with Gasteiger partial charge in [0.15, 0.2) is 0 Å². The van der Waals surface area contributed by atoms with E-state index in [0.717, 1.165) is 4.68 Å². The lowest BCUT2D eigenvalue weighted by Crippen LogP contribution is -2.38. The summed E-state index contributed by atoms with van der Waals surface area (Å²) in [5, 5.41) is 12.4. The maximum Gasteiger partial charge on any atom is 0.344 e. The van der Waals surface area contributed by atoms with Gasteiger partial charge >= 0.3 is 6.03 Å². The van der Waals surface area contributed by atoms with Crippen LogP contribution in [0.25, 0.3) is 0 Å². The Hall–Kier alpha value is -1.92. The molecule has 0 aliphatic heterocycles. The van der Waals surface area contributed by atoms with Gasteiger partial charge in [-0.2, -0.15) is 15.0 Å². The van der Waals surface area contributed by atoms with Crippen LogP contribution < -0.4 is 4.72 Å². The summed E-state index contributed by atoms with van der Waals surface area (Å²) in [6.07, 6.45) is 2.60. The second kappa shape index (κ2) is 6.31. The van der Waals surface area contributed by atoms with Crippen LogP contribution in [0.5, 0.6) is 0 Å². The Balaban J connectivity index is 2.52. The summed E-state index contributed by atoms with van der Waals surface area (Å²) in [5.74, 6) is -0.00462. The molecule has 0 unspecified atom stereocenters. The van der Waals surface area contributed by atoms with Gasteiger partial charge in [0.25, 0.3) is 0 Å². The van der Waals surface area contributed by atoms with Crippen molar-refractivity contribution in [3.8, 4) is 6.07 Å². The van der Waals surface area contributed by atoms with Crippen LogP contribution in [0.2, 0.25) is 0 Å². The molecule has 0 saturated carbocycles. The summed E-state index contributed by atoms with van der Waals surface area (Å²) in [7, 11) is -1.73. The fraction of sp³-hybridized carbons (Fsp3) is 0.500. The normalized spacial score (nSPS) is 11.0. The number of nitrogens with one attached hydrogen (secondary N) is 1. The molecule has 1 aromatic rings. The number of likely N-dealkylation sites (N-methyl/N-ethyl adjacent to an activating group) is 1. The zero-order valence-electron chi connectivity index (χ0n) is 10.7. The molecule has 0 aliphatic rings. The average molecular weight is 285 g/mol. The van der Waals surface area contributed by atoms with E-state index in [4.69, 9.17) is 5.26 Å². The molecule has 0 bridgehead atoms. The highest BCUT2D eigenvalue weighted by molar-refractivity contribution is 7.89. The van der Waals surface area contributed by atoms with E-state index in [1.54, 1.807) is 0 Å². The number of amides is 1. The van der Waals surface area contributed by atoms with Gasteiger partial charge < -0.3 is 4.90 Å². The molecule has 8 nitrogen and oxygen atoms in total. The first-order valence-corrected chi connectivity index (χ1v) is 7.22. The standard InChI is InChI=1S/C10H15N5O3S/c1-3-19(17,18)13-4-5-14(2)10(16)15-8-9(6-11)7-12-15/h7-8,13H,3-5H2,1-2H3. The second-order valence-electron chi connectivity index (χ2n) is 3.79. The van der Waals surface area contributed by atoms with Crippen molar-refractivity contribution >= 4 is 16.1 Å². The summed E-state index contributed by atoms with van der Waals surface area (Å²) in [6, 6.07) is 1.43. The molecular weight excluding hydrogens is 270 g/mol. The van der Waals surface area contributed by atoms with Gasteiger partial charge in [0.05, 0.1) is 23.7 Å². The van der Waals surface area contributed by atoms with Crippen LogP contribution in [0.15, 0.2) is 12.4 Å². The summed E-state index contributed by atoms with van der Waals surface area (Å²) < 4.78 is 25.8. The van der Waals surface area contributed by atoms with Gasteiger partial charge in [-0.25, -0.2) is 17.9 Å². The van der Waals surface area contributed by atoms with Crippen molar-refractivity contribution in [2.45, 2.75) is 6.92 Å². The quantitative estimate of drug-likeness (QED) is 0.791. The Morgan fingerprint density at radius 1 is 1.63 bits per heavy atom. The zero-order chi connectivity index (χ0) is 14.5. The number of nitriles is 1. The Bertz CT molecular complexity index is 587. The number of carbonyl (C=O) groups is 1. The Labute approximate surface area is 111 Å². The molecule has 19 heavy (non-hydrogen) atoms. The maximum atomic E-state index is 11.8. The molecule has 0 spiro atoms. The van der Waals surface area contributed by atoms with Crippen molar-refractivity contribution < 1.29 is 13.2 Å². The molecule has 9 heteroatoms. The first kappa shape index (κ1) is 15.1. The van der Waals surface area contributed by atoms with E-state index in [2.05, 4.69) is 9.82 Å². The highest BCUT2D eigenvalue weighted by Crippen LogP contribution is 1.97. The number of hydrogen-bond donors (Lipinski definition) is 1. The smallest absolute Gasteiger partial charge is 0.325 e. The van der Waals surface area contributed by atoms with Crippen LogP contribution >= 0.6 is 0 Å². The molecule has 0 aromatic carbocycles. The van der Waals surface area contributed by atoms with Gasteiger partial charge in [-0.05, 0) is 6.92 Å². The molecule has 1 N–H and O–H groups in total. The molecule has 1 amide bonds. The van der Waals surface area contributed by atoms with Crippen LogP contribution in [-0.4, -0.2) is 55.0 Å². The molecule has 1 aromatic heterocycles. The fourth-order valence-corrected chi connectivity index (χ4v) is 1.83. The van der Waals surface area contributed by atoms with Crippen molar-refractivity contribution in [2.24, 2.45) is 0 Å². The summed E-state index contributed by atoms with van der Waals surface area (Å²) >= 11 is 0. The number of aromatic nitrogens is 2. The largest absolute Gasteiger partial charge is 0.344 e. The van der Waals surface area contributed by atoms with E-state index in [-0.39, 0.29) is 24.4 Å². The summed E-state index contributed by atoms with van der Waals surface area (Å²) in [5.41, 5.74) is 0.286. The van der Waals surface area contributed by atoms with Crippen molar-refractivity contribution in [1.82, 2.24) is 19.4 Å². The minimum absolute atomic E-state index is 0.00462. The van der Waals surface area contributed by atoms with E-state index in [0.29, 0.717) is 0 Å². The monoisotopic (exact) mass is 285 g/mol. The van der Waals surface area contributed by atoms with Gasteiger partial charge in [-0.15, -0.1) is 0 Å². The van der Waals surface area contributed by atoms with Crippen LogP contribution in [-0.2, 0) is 10.0 Å². The molecule has 0 aliphatic carbocycles. The molecule has 0 atom stereocenters. The van der Waals surface area contributed by atoms with Crippen LogP contribution in [0.4, 0.5) is 4.79 Å². The molecule has 1 heterocycles. The third kappa shape index (κ3) is 4.35. The van der Waals surface area contributed by atoms with Gasteiger partial charge in [0.1, 0.15) is 6.07 Å². The molecule has 0 fully saturated rings. The number of rotatable bonds is 5. The van der Waals surface area contributed by atoms with E-state index < -0.39 is 16.1 Å². The Kier molecular flexibility index (Phi) is 5.02. The molecule has 1 rings (SSSR count). The van der Waals surface area contributed by atoms with Crippen molar-refractivity contribution in [1.29, 1.82) is 5.26 Å². The molecule has 0 saturated heterocycles. The van der Waals surface area contributed by atoms with Crippen molar-refractivity contribution in [3.63, 3.8) is 0 Å². The van der Waals surface area contributed by atoms with Crippen LogP contribution in [0, 0.1) is 11.3 Å². The SMILES string of the molecule is CCS(=O)(=O)NCCN(C)C(=O)n1cc(C#N)cn1. The van der Waals surface area contributed by atoms with Gasteiger partial charge in [0.2, 0.25) is 10.0 Å². The Morgan fingerprint density at radius 2 is 2.32 bits per heavy atom. The number of nitrogens with zero attached hydrogens (tertiary/aromatic N) is 4. The number of hydrogen-bond acceptors (Lipinski definition) is 5. The van der Waals surface area contributed by atoms with E-state index >= 15 is 0 Å². The highest BCUT2D eigenvalue weighted by atomic mass is 32.2. The first-order chi connectivity index (χ1) is 8.89. The minimum Gasteiger partial charge on any atom is -0.325 e. The Morgan fingerprint density at radius 3 is 2.84 bits per heavy atom. The third-order valence-electron chi connectivity index (χ3n) is 2.38. The van der Waals surface area contributed by atoms with Gasteiger partial charge in [-0.3, -0.25) is 0 Å². The highest BCUT2D eigenvalue weighted by Gasteiger charge is 2.13. The van der Waals surface area contributed by atoms with Crippen LogP contribution in [0.1, 0.15) is 12.5 Å².